The Morgan fingerprint density at radius 1 is 1.30 bits per heavy atom. The zero-order valence-corrected chi connectivity index (χ0v) is 16.4. The van der Waals surface area contributed by atoms with Crippen molar-refractivity contribution in [3.05, 3.63) is 35.6 Å². The van der Waals surface area contributed by atoms with E-state index in [2.05, 4.69) is 0 Å². The summed E-state index contributed by atoms with van der Waals surface area (Å²) >= 11 is 1.57. The van der Waals surface area contributed by atoms with Crippen molar-refractivity contribution in [2.75, 3.05) is 25.7 Å². The standard InChI is InChI=1S/C19H23FN2O4S/c1-4-26-18(25)19(9-10-27-3)14-13(16(23)22(2)17(14)24)15(21-19)11-5-7-12(20)8-6-11/h5-8,13-15,21H,4,9-10H2,1-3H3/p+1/t13-,14+,15-,19-/m0/s1. The number of nitrogens with zero attached hydrogens (tertiary/aromatic N) is 1. The minimum atomic E-state index is -1.15. The van der Waals surface area contributed by atoms with E-state index in [0.717, 1.165) is 10.5 Å². The lowest BCUT2D eigenvalue weighted by Crippen LogP contribution is -2.98. The van der Waals surface area contributed by atoms with Crippen molar-refractivity contribution >= 4 is 29.5 Å². The van der Waals surface area contributed by atoms with Crippen molar-refractivity contribution < 1.29 is 28.8 Å². The number of quaternary nitrogens is 1. The number of likely N-dealkylation sites (tertiary alicyclic amines) is 1. The second-order valence-corrected chi connectivity index (χ2v) is 7.97. The summed E-state index contributed by atoms with van der Waals surface area (Å²) < 4.78 is 18.7. The summed E-state index contributed by atoms with van der Waals surface area (Å²) in [5.41, 5.74) is -0.432. The highest BCUT2D eigenvalue weighted by molar-refractivity contribution is 7.98. The average molecular weight is 395 g/mol. The molecule has 0 spiro atoms. The van der Waals surface area contributed by atoms with Crippen LogP contribution in [0.4, 0.5) is 4.39 Å². The van der Waals surface area contributed by atoms with Crippen LogP contribution in [0.25, 0.3) is 0 Å². The zero-order chi connectivity index (χ0) is 19.8. The van der Waals surface area contributed by atoms with Crippen molar-refractivity contribution in [3.63, 3.8) is 0 Å². The molecule has 4 atom stereocenters. The lowest BCUT2D eigenvalue weighted by Gasteiger charge is -2.29. The molecule has 2 aliphatic heterocycles. The van der Waals surface area contributed by atoms with Crippen LogP contribution in [0.5, 0.6) is 0 Å². The van der Waals surface area contributed by atoms with E-state index in [4.69, 9.17) is 4.74 Å². The number of nitrogens with two attached hydrogens (primary N) is 1. The quantitative estimate of drug-likeness (QED) is 0.567. The second kappa shape index (κ2) is 7.59. The number of carbonyl (C=O) groups excluding carboxylic acids is 3. The Kier molecular flexibility index (Phi) is 5.58. The first-order valence-corrected chi connectivity index (χ1v) is 10.4. The van der Waals surface area contributed by atoms with E-state index < -0.39 is 29.4 Å². The summed E-state index contributed by atoms with van der Waals surface area (Å²) in [4.78, 5) is 39.9. The molecule has 1 aromatic rings. The number of thioether (sulfide) groups is 1. The highest BCUT2D eigenvalue weighted by atomic mass is 32.2. The van der Waals surface area contributed by atoms with Crippen molar-refractivity contribution in [2.45, 2.75) is 24.9 Å². The Labute approximate surface area is 161 Å². The predicted molar refractivity (Wildman–Crippen MR) is 98.2 cm³/mol. The normalized spacial score (nSPS) is 29.9. The summed E-state index contributed by atoms with van der Waals surface area (Å²) in [5.74, 6) is -2.28. The van der Waals surface area contributed by atoms with Crippen LogP contribution in [0, 0.1) is 17.7 Å². The van der Waals surface area contributed by atoms with Gasteiger partial charge in [0.05, 0.1) is 6.61 Å². The topological polar surface area (TPSA) is 80.3 Å². The van der Waals surface area contributed by atoms with Gasteiger partial charge in [-0.05, 0) is 31.1 Å². The first-order valence-electron chi connectivity index (χ1n) is 8.96. The maximum atomic E-state index is 13.4. The molecule has 2 aliphatic rings. The van der Waals surface area contributed by atoms with Crippen LogP contribution < -0.4 is 5.32 Å². The van der Waals surface area contributed by atoms with Gasteiger partial charge < -0.3 is 10.1 Å². The van der Waals surface area contributed by atoms with Gasteiger partial charge in [0, 0.05) is 19.0 Å². The van der Waals surface area contributed by atoms with Crippen LogP contribution in [-0.4, -0.2) is 53.9 Å². The minimum Gasteiger partial charge on any atom is -0.461 e. The van der Waals surface area contributed by atoms with Crippen LogP contribution in [0.2, 0.25) is 0 Å². The monoisotopic (exact) mass is 395 g/mol. The number of halogens is 1. The van der Waals surface area contributed by atoms with E-state index in [-0.39, 0.29) is 24.2 Å². The fourth-order valence-electron chi connectivity index (χ4n) is 4.33. The van der Waals surface area contributed by atoms with Gasteiger partial charge in [-0.2, -0.15) is 11.8 Å². The molecule has 2 heterocycles. The van der Waals surface area contributed by atoms with Crippen LogP contribution in [0.3, 0.4) is 0 Å². The lowest BCUT2D eigenvalue weighted by atomic mass is 9.78. The minimum absolute atomic E-state index is 0.199. The first-order chi connectivity index (χ1) is 12.9. The van der Waals surface area contributed by atoms with Gasteiger partial charge in [0.2, 0.25) is 17.4 Å². The van der Waals surface area contributed by atoms with Crippen molar-refractivity contribution in [2.24, 2.45) is 11.8 Å². The molecule has 2 fully saturated rings. The molecule has 27 heavy (non-hydrogen) atoms. The van der Waals surface area contributed by atoms with Gasteiger partial charge >= 0.3 is 5.97 Å². The summed E-state index contributed by atoms with van der Waals surface area (Å²) in [6, 6.07) is 5.44. The van der Waals surface area contributed by atoms with Gasteiger partial charge in [0.1, 0.15) is 23.7 Å². The highest BCUT2D eigenvalue weighted by Crippen LogP contribution is 2.45. The second-order valence-electron chi connectivity index (χ2n) is 6.99. The number of hydrogen-bond acceptors (Lipinski definition) is 5. The summed E-state index contributed by atoms with van der Waals surface area (Å²) in [6.45, 7) is 1.92. The maximum Gasteiger partial charge on any atom is 0.368 e. The Morgan fingerprint density at radius 2 is 1.96 bits per heavy atom. The molecule has 6 nitrogen and oxygen atoms in total. The Morgan fingerprint density at radius 3 is 2.56 bits per heavy atom. The largest absolute Gasteiger partial charge is 0.461 e. The fraction of sp³-hybridized carbons (Fsp3) is 0.526. The molecular formula is C19H24FN2O4S+. The van der Waals surface area contributed by atoms with Crippen LogP contribution in [0.15, 0.2) is 24.3 Å². The lowest BCUT2D eigenvalue weighted by molar-refractivity contribution is -0.734. The van der Waals surface area contributed by atoms with E-state index in [9.17, 15) is 18.8 Å². The number of rotatable bonds is 6. The third kappa shape index (κ3) is 3.14. The molecule has 1 aromatic carbocycles. The summed E-state index contributed by atoms with van der Waals surface area (Å²) in [7, 11) is 1.45. The summed E-state index contributed by atoms with van der Waals surface area (Å²) in [5, 5.41) is 1.81. The Hall–Kier alpha value is -1.93. The highest BCUT2D eigenvalue weighted by Gasteiger charge is 2.71. The van der Waals surface area contributed by atoms with Gasteiger partial charge in [-0.25, -0.2) is 9.18 Å². The molecule has 0 bridgehead atoms. The zero-order valence-electron chi connectivity index (χ0n) is 15.6. The number of ether oxygens (including phenoxy) is 1. The smallest absolute Gasteiger partial charge is 0.368 e. The van der Waals surface area contributed by atoms with Crippen LogP contribution in [0.1, 0.15) is 24.9 Å². The van der Waals surface area contributed by atoms with Gasteiger partial charge in [0.25, 0.3) is 0 Å². The molecule has 3 rings (SSSR count). The molecule has 0 unspecified atom stereocenters. The Bertz CT molecular complexity index is 757. The molecule has 0 aliphatic carbocycles. The number of hydrogen-bond donors (Lipinski definition) is 1. The van der Waals surface area contributed by atoms with Crippen LogP contribution in [-0.2, 0) is 19.1 Å². The Balaban J connectivity index is 2.10. The van der Waals surface area contributed by atoms with Crippen LogP contribution >= 0.6 is 11.8 Å². The van der Waals surface area contributed by atoms with E-state index in [1.54, 1.807) is 30.8 Å². The number of esters is 1. The van der Waals surface area contributed by atoms with Gasteiger partial charge in [-0.15, -0.1) is 0 Å². The van der Waals surface area contributed by atoms with E-state index in [1.165, 1.54) is 19.2 Å². The van der Waals surface area contributed by atoms with E-state index in [1.807, 2.05) is 11.6 Å². The number of fused-ring (bicyclic) bond motifs is 1. The molecule has 8 heteroatoms. The first kappa shape index (κ1) is 19.8. The maximum absolute atomic E-state index is 13.4. The van der Waals surface area contributed by atoms with Gasteiger partial charge in [0.15, 0.2) is 0 Å². The van der Waals surface area contributed by atoms with E-state index >= 15 is 0 Å². The van der Waals surface area contributed by atoms with Crippen molar-refractivity contribution in [1.29, 1.82) is 0 Å². The molecular weight excluding hydrogens is 371 g/mol. The molecule has 2 amide bonds. The third-order valence-electron chi connectivity index (χ3n) is 5.62. The summed E-state index contributed by atoms with van der Waals surface area (Å²) in [6.07, 6.45) is 2.34. The van der Waals surface area contributed by atoms with E-state index in [0.29, 0.717) is 12.2 Å². The molecule has 0 radical (unpaired) electrons. The van der Waals surface area contributed by atoms with Gasteiger partial charge in [-0.3, -0.25) is 14.5 Å². The fourth-order valence-corrected chi connectivity index (χ4v) is 4.87. The molecule has 0 saturated carbocycles. The number of carbonyl (C=O) groups is 3. The number of imide groups is 1. The predicted octanol–water partition coefficient (Wildman–Crippen LogP) is 0.730. The third-order valence-corrected chi connectivity index (χ3v) is 6.23. The SMILES string of the molecule is CCOC(=O)[C@@]1(CCSC)[NH2+][C@@H](c2ccc(F)cc2)[C@H]2C(=O)N(C)C(=O)[C@@H]21. The number of amides is 2. The van der Waals surface area contributed by atoms with Crippen molar-refractivity contribution in [3.8, 4) is 0 Å². The molecule has 2 saturated heterocycles. The van der Waals surface area contributed by atoms with Gasteiger partial charge in [-0.1, -0.05) is 12.1 Å². The molecule has 0 aromatic heterocycles. The molecule has 146 valence electrons. The molecule has 2 N–H and O–H groups in total. The average Bonchev–Trinajstić information content (AvgIpc) is 3.11. The number of benzene rings is 1. The van der Waals surface area contributed by atoms with Crippen molar-refractivity contribution in [1.82, 2.24) is 4.90 Å².